The summed E-state index contributed by atoms with van der Waals surface area (Å²) in [6, 6.07) is 8.37. The zero-order chi connectivity index (χ0) is 28.7. The summed E-state index contributed by atoms with van der Waals surface area (Å²) in [4.78, 5) is 40.6. The second kappa shape index (κ2) is 11.2. The molecule has 0 N–H and O–H groups in total. The Kier molecular flexibility index (Phi) is 8.08. The standard InChI is InChI=1S/C33H43NO6/c1-21(35)40-33(30(37)20-38-5)15-14-29-27-12-8-23-18-24(36)9-13-26(23)31(27)28(19-32(29,33)2)22-6-10-25(11-7-22)39-17-16-34(3)4/h6-7,10-11,18,27-29H,8-9,12-17,19-20H2,1-5H3/t27?,28-,29?,32+,33+/m1/s1. The van der Waals surface area contributed by atoms with E-state index >= 15 is 0 Å². The van der Waals surface area contributed by atoms with Gasteiger partial charge in [0.25, 0.3) is 0 Å². The van der Waals surface area contributed by atoms with E-state index in [-0.39, 0.29) is 35.9 Å². The van der Waals surface area contributed by atoms with Gasteiger partial charge in [0.05, 0.1) is 0 Å². The SMILES string of the molecule is COCC(=O)[C@@]1(OC(C)=O)CCC2C3CCC4=CC(=O)CCC4=C3[C@@H](c3ccc(OCCN(C)C)cc3)C[C@@]21C. The molecule has 1 aromatic rings. The molecule has 40 heavy (non-hydrogen) atoms. The van der Waals surface area contributed by atoms with Crippen LogP contribution in [0.5, 0.6) is 5.75 Å². The number of esters is 1. The second-order valence-corrected chi connectivity index (χ2v) is 12.5. The predicted octanol–water partition coefficient (Wildman–Crippen LogP) is 5.04. The quantitative estimate of drug-likeness (QED) is 0.399. The minimum atomic E-state index is -1.21. The first kappa shape index (κ1) is 28.7. The van der Waals surface area contributed by atoms with E-state index in [2.05, 4.69) is 24.0 Å². The Hall–Kier alpha value is -2.77. The Morgan fingerprint density at radius 3 is 2.50 bits per heavy atom. The van der Waals surface area contributed by atoms with Gasteiger partial charge in [-0.15, -0.1) is 0 Å². The number of nitrogens with zero attached hydrogens (tertiary/aromatic N) is 1. The highest BCUT2D eigenvalue weighted by atomic mass is 16.6. The maximum absolute atomic E-state index is 13.7. The van der Waals surface area contributed by atoms with E-state index < -0.39 is 17.0 Å². The molecule has 2 saturated carbocycles. The van der Waals surface area contributed by atoms with Gasteiger partial charge in [0.1, 0.15) is 19.0 Å². The van der Waals surface area contributed by atoms with E-state index in [9.17, 15) is 14.4 Å². The Labute approximate surface area is 237 Å². The van der Waals surface area contributed by atoms with Crippen molar-refractivity contribution in [3.8, 4) is 5.75 Å². The molecule has 4 aliphatic carbocycles. The Bertz CT molecular complexity index is 1230. The van der Waals surface area contributed by atoms with E-state index in [0.717, 1.165) is 38.0 Å². The number of fused-ring (bicyclic) bond motifs is 4. The number of hydrogen-bond donors (Lipinski definition) is 0. The summed E-state index contributed by atoms with van der Waals surface area (Å²) in [5, 5.41) is 0. The molecule has 216 valence electrons. The number of methoxy groups -OCH3 is 1. The van der Waals surface area contributed by atoms with Gasteiger partial charge >= 0.3 is 5.97 Å². The number of carbonyl (C=O) groups excluding carboxylic acids is 3. The maximum Gasteiger partial charge on any atom is 0.303 e. The Balaban J connectivity index is 1.59. The van der Waals surface area contributed by atoms with Gasteiger partial charge in [-0.1, -0.05) is 24.6 Å². The van der Waals surface area contributed by atoms with Crippen LogP contribution in [0.15, 0.2) is 47.1 Å². The molecule has 7 nitrogen and oxygen atoms in total. The van der Waals surface area contributed by atoms with E-state index in [1.165, 1.54) is 36.3 Å². The topological polar surface area (TPSA) is 82.1 Å². The number of likely N-dealkylation sites (N-methyl/N-ethyl adjacent to an activating group) is 1. The lowest BCUT2D eigenvalue weighted by atomic mass is 9.50. The van der Waals surface area contributed by atoms with Gasteiger partial charge in [-0.25, -0.2) is 0 Å². The van der Waals surface area contributed by atoms with Gasteiger partial charge < -0.3 is 19.1 Å². The molecule has 2 unspecified atom stereocenters. The second-order valence-electron chi connectivity index (χ2n) is 12.5. The molecular formula is C33H43NO6. The highest BCUT2D eigenvalue weighted by molar-refractivity contribution is 5.93. The van der Waals surface area contributed by atoms with Crippen LogP contribution in [0.25, 0.3) is 0 Å². The number of ether oxygens (including phenoxy) is 3. The molecule has 2 fully saturated rings. The van der Waals surface area contributed by atoms with Gasteiger partial charge in [-0.3, -0.25) is 14.4 Å². The van der Waals surface area contributed by atoms with Crippen molar-refractivity contribution >= 4 is 17.5 Å². The largest absolute Gasteiger partial charge is 0.492 e. The summed E-state index contributed by atoms with van der Waals surface area (Å²) in [6.45, 7) is 4.94. The van der Waals surface area contributed by atoms with Crippen molar-refractivity contribution < 1.29 is 28.6 Å². The molecule has 0 spiro atoms. The summed E-state index contributed by atoms with van der Waals surface area (Å²) in [5.74, 6) is 1.01. The van der Waals surface area contributed by atoms with Crippen LogP contribution < -0.4 is 4.74 Å². The molecule has 0 amide bonds. The van der Waals surface area contributed by atoms with E-state index in [4.69, 9.17) is 14.2 Å². The van der Waals surface area contributed by atoms with Crippen molar-refractivity contribution in [2.24, 2.45) is 17.3 Å². The van der Waals surface area contributed by atoms with E-state index in [1.54, 1.807) is 0 Å². The summed E-state index contributed by atoms with van der Waals surface area (Å²) >= 11 is 0. The van der Waals surface area contributed by atoms with E-state index in [0.29, 0.717) is 25.9 Å². The number of ketones is 2. The minimum absolute atomic E-state index is 0.0531. The van der Waals surface area contributed by atoms with Crippen LogP contribution >= 0.6 is 0 Å². The lowest BCUT2D eigenvalue weighted by molar-refractivity contribution is -0.185. The van der Waals surface area contributed by atoms with Crippen LogP contribution in [0.3, 0.4) is 0 Å². The van der Waals surface area contributed by atoms with E-state index in [1.807, 2.05) is 32.3 Å². The molecule has 5 atom stereocenters. The third-order valence-electron chi connectivity index (χ3n) is 9.99. The van der Waals surface area contributed by atoms with Gasteiger partial charge in [-0.05, 0) is 99.4 Å². The predicted molar refractivity (Wildman–Crippen MR) is 152 cm³/mol. The zero-order valence-corrected chi connectivity index (χ0v) is 24.6. The summed E-state index contributed by atoms with van der Waals surface area (Å²) < 4.78 is 17.4. The molecule has 4 aliphatic rings. The van der Waals surface area contributed by atoms with Gasteiger partial charge in [0.2, 0.25) is 5.78 Å². The Morgan fingerprint density at radius 2 is 1.82 bits per heavy atom. The van der Waals surface area contributed by atoms with Crippen LogP contribution in [0.2, 0.25) is 0 Å². The molecule has 0 radical (unpaired) electrons. The highest BCUT2D eigenvalue weighted by Gasteiger charge is 2.68. The van der Waals surface area contributed by atoms with Crippen molar-refractivity contribution in [1.29, 1.82) is 0 Å². The summed E-state index contributed by atoms with van der Waals surface area (Å²) in [7, 11) is 5.56. The number of hydrogen-bond acceptors (Lipinski definition) is 7. The summed E-state index contributed by atoms with van der Waals surface area (Å²) in [5.41, 5.74) is 3.41. The number of rotatable bonds is 9. The molecule has 5 rings (SSSR count). The van der Waals surface area contributed by atoms with Crippen molar-refractivity contribution in [1.82, 2.24) is 4.90 Å². The lowest BCUT2D eigenvalue weighted by Gasteiger charge is -2.55. The van der Waals surface area contributed by atoms with Crippen molar-refractivity contribution in [3.63, 3.8) is 0 Å². The number of allylic oxidation sites excluding steroid dienone is 4. The van der Waals surface area contributed by atoms with Gasteiger partial charge in [-0.2, -0.15) is 0 Å². The van der Waals surface area contributed by atoms with Crippen LogP contribution in [-0.4, -0.2) is 69.0 Å². The van der Waals surface area contributed by atoms with Crippen molar-refractivity contribution in [3.05, 3.63) is 52.6 Å². The molecule has 0 aliphatic heterocycles. The van der Waals surface area contributed by atoms with Crippen LogP contribution in [0.4, 0.5) is 0 Å². The van der Waals surface area contributed by atoms with Gasteiger partial charge in [0, 0.05) is 38.3 Å². The van der Waals surface area contributed by atoms with Crippen LogP contribution in [0.1, 0.15) is 70.3 Å². The van der Waals surface area contributed by atoms with Gasteiger partial charge in [0.15, 0.2) is 11.4 Å². The fourth-order valence-electron chi connectivity index (χ4n) is 8.27. The normalized spacial score (nSPS) is 31.3. The zero-order valence-electron chi connectivity index (χ0n) is 24.6. The first-order chi connectivity index (χ1) is 19.1. The first-order valence-electron chi connectivity index (χ1n) is 14.7. The molecule has 0 heterocycles. The fraction of sp³-hybridized carbons (Fsp3) is 0.606. The van der Waals surface area contributed by atoms with Crippen molar-refractivity contribution in [2.75, 3.05) is 41.0 Å². The number of Topliss-reactive ketones (excluding diaryl/α,β-unsaturated/α-hetero) is 1. The molecule has 1 aromatic carbocycles. The third kappa shape index (κ3) is 4.96. The first-order valence-corrected chi connectivity index (χ1v) is 14.7. The average Bonchev–Trinajstić information content (AvgIpc) is 3.20. The lowest BCUT2D eigenvalue weighted by Crippen LogP contribution is -2.58. The molecule has 0 saturated heterocycles. The highest BCUT2D eigenvalue weighted by Crippen LogP contribution is 2.67. The smallest absolute Gasteiger partial charge is 0.303 e. The minimum Gasteiger partial charge on any atom is -0.492 e. The summed E-state index contributed by atoms with van der Waals surface area (Å²) in [6.07, 6.45) is 7.04. The van der Waals surface area contributed by atoms with Crippen molar-refractivity contribution in [2.45, 2.75) is 70.3 Å². The monoisotopic (exact) mass is 549 g/mol. The Morgan fingerprint density at radius 1 is 1.07 bits per heavy atom. The molecule has 0 bridgehead atoms. The van der Waals surface area contributed by atoms with Crippen LogP contribution in [0, 0.1) is 17.3 Å². The maximum atomic E-state index is 13.7. The number of carbonyl (C=O) groups is 3. The average molecular weight is 550 g/mol. The number of benzene rings is 1. The fourth-order valence-corrected chi connectivity index (χ4v) is 8.27. The molecular weight excluding hydrogens is 506 g/mol. The third-order valence-corrected chi connectivity index (χ3v) is 9.99. The molecule has 0 aromatic heterocycles. The van der Waals surface area contributed by atoms with Crippen LogP contribution in [-0.2, 0) is 23.9 Å². The molecule has 7 heteroatoms.